The third kappa shape index (κ3) is 4.76. The van der Waals surface area contributed by atoms with Gasteiger partial charge in [-0.1, -0.05) is 36.4 Å². The van der Waals surface area contributed by atoms with Crippen LogP contribution in [-0.4, -0.2) is 84.5 Å². The van der Waals surface area contributed by atoms with E-state index in [4.69, 9.17) is 0 Å². The highest BCUT2D eigenvalue weighted by molar-refractivity contribution is 5.79. The first-order valence-electron chi connectivity index (χ1n) is 9.31. The van der Waals surface area contributed by atoms with Crippen LogP contribution in [-0.2, 0) is 9.59 Å². The second-order valence-corrected chi connectivity index (χ2v) is 7.45. The normalized spacial score (nSPS) is 22.2. The number of amides is 2. The Balaban J connectivity index is 2.23. The highest BCUT2D eigenvalue weighted by Gasteiger charge is 2.50. The lowest BCUT2D eigenvalue weighted by Crippen LogP contribution is -2.68. The highest BCUT2D eigenvalue weighted by Crippen LogP contribution is 2.41. The number of benzene rings is 1. The van der Waals surface area contributed by atoms with Gasteiger partial charge in [-0.3, -0.25) is 9.59 Å². The van der Waals surface area contributed by atoms with Crippen molar-refractivity contribution in [3.8, 4) is 0 Å². The first kappa shape index (κ1) is 21.1. The molecular weight excluding hydrogens is 342 g/mol. The van der Waals surface area contributed by atoms with Crippen molar-refractivity contribution in [3.05, 3.63) is 41.5 Å². The van der Waals surface area contributed by atoms with E-state index in [9.17, 15) is 14.7 Å². The van der Waals surface area contributed by atoms with E-state index in [2.05, 4.69) is 12.1 Å². The summed E-state index contributed by atoms with van der Waals surface area (Å²) in [5.41, 5.74) is 2.19. The lowest BCUT2D eigenvalue weighted by atomic mass is 9.74. The smallest absolute Gasteiger partial charge is 0.236 e. The maximum atomic E-state index is 12.3. The predicted octanol–water partition coefficient (Wildman–Crippen LogP) is 1.41. The van der Waals surface area contributed by atoms with Crippen molar-refractivity contribution in [2.24, 2.45) is 0 Å². The summed E-state index contributed by atoms with van der Waals surface area (Å²) >= 11 is 0. The fourth-order valence-electron chi connectivity index (χ4n) is 3.86. The van der Waals surface area contributed by atoms with Crippen molar-refractivity contribution >= 4 is 17.9 Å². The van der Waals surface area contributed by atoms with Gasteiger partial charge in [0, 0.05) is 26.4 Å². The predicted molar refractivity (Wildman–Crippen MR) is 107 cm³/mol. The summed E-state index contributed by atoms with van der Waals surface area (Å²) in [6.45, 7) is 4.18. The molecule has 1 aliphatic heterocycles. The minimum absolute atomic E-state index is 0.00756. The Morgan fingerprint density at radius 1 is 1.15 bits per heavy atom. The standard InChI is InChI=1S/C21H31N3O3/c1-6-7-16-8-10-17(11-9-16)21-18(24(15(2)26)19(21)14-25)12-23(5)20(27)13-22(3)4/h6-11,18-19,21,25H,12-14H2,1-5H3/b7-6+/t18-,19+,21-/m0/s1. The van der Waals surface area contributed by atoms with Crippen LogP contribution in [0.15, 0.2) is 30.3 Å². The Kier molecular flexibility index (Phi) is 7.16. The average molecular weight is 373 g/mol. The van der Waals surface area contributed by atoms with Crippen LogP contribution in [0.4, 0.5) is 0 Å². The summed E-state index contributed by atoms with van der Waals surface area (Å²) in [5.74, 6) is -0.0550. The number of likely N-dealkylation sites (N-methyl/N-ethyl adjacent to an activating group) is 2. The molecule has 1 fully saturated rings. The molecule has 1 aromatic carbocycles. The third-order valence-electron chi connectivity index (χ3n) is 5.11. The van der Waals surface area contributed by atoms with Crippen molar-refractivity contribution in [1.29, 1.82) is 0 Å². The maximum Gasteiger partial charge on any atom is 0.236 e. The number of carbonyl (C=O) groups is 2. The van der Waals surface area contributed by atoms with Crippen LogP contribution in [0.1, 0.15) is 30.9 Å². The molecule has 0 bridgehead atoms. The van der Waals surface area contributed by atoms with Gasteiger partial charge in [0.2, 0.25) is 11.8 Å². The molecule has 2 rings (SSSR count). The zero-order valence-electron chi connectivity index (χ0n) is 16.9. The van der Waals surface area contributed by atoms with Gasteiger partial charge in [-0.05, 0) is 32.1 Å². The van der Waals surface area contributed by atoms with Gasteiger partial charge in [-0.2, -0.15) is 0 Å². The van der Waals surface area contributed by atoms with E-state index in [-0.39, 0.29) is 36.4 Å². The van der Waals surface area contributed by atoms with E-state index in [0.717, 1.165) is 11.1 Å². The molecule has 3 atom stereocenters. The second kappa shape index (κ2) is 9.15. The van der Waals surface area contributed by atoms with Crippen LogP contribution in [0, 0.1) is 0 Å². The number of rotatable bonds is 7. The van der Waals surface area contributed by atoms with Gasteiger partial charge in [0.1, 0.15) is 0 Å². The molecule has 1 N–H and O–H groups in total. The molecule has 148 valence electrons. The molecule has 0 saturated carbocycles. The highest BCUT2D eigenvalue weighted by atomic mass is 16.3. The van der Waals surface area contributed by atoms with Crippen LogP contribution >= 0.6 is 0 Å². The fraction of sp³-hybridized carbons (Fsp3) is 0.524. The average Bonchev–Trinajstić information content (AvgIpc) is 2.58. The molecule has 6 heteroatoms. The largest absolute Gasteiger partial charge is 0.394 e. The van der Waals surface area contributed by atoms with Crippen LogP contribution in [0.2, 0.25) is 0 Å². The van der Waals surface area contributed by atoms with Crippen LogP contribution < -0.4 is 0 Å². The fourth-order valence-corrected chi connectivity index (χ4v) is 3.86. The quantitative estimate of drug-likeness (QED) is 0.785. The lowest BCUT2D eigenvalue weighted by Gasteiger charge is -2.55. The molecule has 1 aliphatic rings. The van der Waals surface area contributed by atoms with E-state index in [1.807, 2.05) is 50.2 Å². The van der Waals surface area contributed by atoms with Gasteiger partial charge in [0.15, 0.2) is 0 Å². The molecule has 0 radical (unpaired) electrons. The summed E-state index contributed by atoms with van der Waals surface area (Å²) in [7, 11) is 5.48. The maximum absolute atomic E-state index is 12.3. The molecule has 1 heterocycles. The van der Waals surface area contributed by atoms with Gasteiger partial charge in [-0.25, -0.2) is 0 Å². The van der Waals surface area contributed by atoms with Crippen molar-refractivity contribution in [2.45, 2.75) is 31.8 Å². The summed E-state index contributed by atoms with van der Waals surface area (Å²) in [6, 6.07) is 7.79. The first-order chi connectivity index (χ1) is 12.8. The lowest BCUT2D eigenvalue weighted by molar-refractivity contribution is -0.152. The Bertz CT molecular complexity index is 684. The Labute approximate surface area is 162 Å². The number of hydrogen-bond acceptors (Lipinski definition) is 4. The van der Waals surface area contributed by atoms with E-state index < -0.39 is 0 Å². The summed E-state index contributed by atoms with van der Waals surface area (Å²) in [4.78, 5) is 29.7. The van der Waals surface area contributed by atoms with E-state index >= 15 is 0 Å². The van der Waals surface area contributed by atoms with Gasteiger partial charge < -0.3 is 19.8 Å². The van der Waals surface area contributed by atoms with Gasteiger partial charge in [0.25, 0.3) is 0 Å². The van der Waals surface area contributed by atoms with E-state index in [1.165, 1.54) is 6.92 Å². The number of aliphatic hydroxyl groups is 1. The zero-order valence-corrected chi connectivity index (χ0v) is 16.9. The van der Waals surface area contributed by atoms with E-state index in [1.54, 1.807) is 16.8 Å². The molecule has 2 amide bonds. The van der Waals surface area contributed by atoms with Gasteiger partial charge in [0.05, 0.1) is 25.2 Å². The Morgan fingerprint density at radius 2 is 1.78 bits per heavy atom. The molecular formula is C21H31N3O3. The number of likely N-dealkylation sites (tertiary alicyclic amines) is 1. The monoisotopic (exact) mass is 373 g/mol. The topological polar surface area (TPSA) is 64.1 Å². The number of nitrogens with zero attached hydrogens (tertiary/aromatic N) is 3. The summed E-state index contributed by atoms with van der Waals surface area (Å²) < 4.78 is 0. The number of aliphatic hydroxyl groups excluding tert-OH is 1. The summed E-state index contributed by atoms with van der Waals surface area (Å²) in [6.07, 6.45) is 4.02. The SMILES string of the molecule is C/C=C/c1ccc([C@@H]2[C@@H](CO)N(C(C)=O)[C@H]2CN(C)C(=O)CN(C)C)cc1. The Morgan fingerprint density at radius 3 is 2.26 bits per heavy atom. The van der Waals surface area contributed by atoms with Crippen molar-refractivity contribution in [1.82, 2.24) is 14.7 Å². The first-order valence-corrected chi connectivity index (χ1v) is 9.31. The minimum atomic E-state index is -0.252. The molecule has 27 heavy (non-hydrogen) atoms. The van der Waals surface area contributed by atoms with Crippen molar-refractivity contribution in [3.63, 3.8) is 0 Å². The van der Waals surface area contributed by atoms with Gasteiger partial charge in [-0.15, -0.1) is 0 Å². The molecule has 0 unspecified atom stereocenters. The van der Waals surface area contributed by atoms with Crippen molar-refractivity contribution in [2.75, 3.05) is 40.8 Å². The van der Waals surface area contributed by atoms with Crippen LogP contribution in [0.5, 0.6) is 0 Å². The third-order valence-corrected chi connectivity index (χ3v) is 5.11. The molecule has 0 aromatic heterocycles. The number of hydrogen-bond donors (Lipinski definition) is 1. The zero-order chi connectivity index (χ0) is 20.1. The minimum Gasteiger partial charge on any atom is -0.394 e. The molecule has 6 nitrogen and oxygen atoms in total. The van der Waals surface area contributed by atoms with Crippen LogP contribution in [0.25, 0.3) is 6.08 Å². The molecule has 1 aromatic rings. The van der Waals surface area contributed by atoms with Gasteiger partial charge >= 0.3 is 0 Å². The number of carbonyl (C=O) groups excluding carboxylic acids is 2. The van der Waals surface area contributed by atoms with Crippen LogP contribution in [0.3, 0.4) is 0 Å². The number of allylic oxidation sites excluding steroid dienone is 1. The molecule has 1 saturated heterocycles. The van der Waals surface area contributed by atoms with Crippen molar-refractivity contribution < 1.29 is 14.7 Å². The van der Waals surface area contributed by atoms with E-state index in [0.29, 0.717) is 13.1 Å². The Hall–Kier alpha value is -2.18. The molecule has 0 aliphatic carbocycles. The molecule has 0 spiro atoms. The summed E-state index contributed by atoms with van der Waals surface area (Å²) in [5, 5.41) is 9.86. The second-order valence-electron chi connectivity index (χ2n) is 7.45.